The zero-order valence-electron chi connectivity index (χ0n) is 11.5. The lowest BCUT2D eigenvalue weighted by Crippen LogP contribution is -2.37. The van der Waals surface area contributed by atoms with E-state index in [4.69, 9.17) is 4.74 Å². The average molecular weight is 298 g/mol. The molecule has 7 heteroatoms. The van der Waals surface area contributed by atoms with Crippen molar-refractivity contribution in [3.63, 3.8) is 0 Å². The maximum atomic E-state index is 12.0. The largest absolute Gasteiger partial charge is 0.375 e. The molecule has 1 aliphatic heterocycles. The quantitative estimate of drug-likeness (QED) is 0.899. The van der Waals surface area contributed by atoms with Crippen LogP contribution in [0.15, 0.2) is 18.2 Å². The number of anilines is 2. The molecule has 1 aromatic carbocycles. The van der Waals surface area contributed by atoms with E-state index in [1.807, 2.05) is 6.07 Å². The Labute approximate surface area is 118 Å². The van der Waals surface area contributed by atoms with Crippen LogP contribution in [0, 0.1) is 0 Å². The van der Waals surface area contributed by atoms with Crippen LogP contribution < -0.4 is 9.62 Å². The maximum absolute atomic E-state index is 12.0. The van der Waals surface area contributed by atoms with E-state index >= 15 is 0 Å². The second-order valence-corrected chi connectivity index (χ2v) is 6.55. The minimum atomic E-state index is -3.33. The van der Waals surface area contributed by atoms with Gasteiger partial charge in [-0.3, -0.25) is 9.52 Å². The standard InChI is InChI=1S/C13H18N2O4S/c1-19-9-13(16)15-7-3-4-10-5-6-11(8-12(10)15)14-20(2,17)18/h5-6,8,14H,3-4,7,9H2,1-2H3. The van der Waals surface area contributed by atoms with Crippen molar-refractivity contribution in [3.8, 4) is 0 Å². The summed E-state index contributed by atoms with van der Waals surface area (Å²) in [6, 6.07) is 5.27. The molecule has 1 aliphatic rings. The third-order valence-corrected chi connectivity index (χ3v) is 3.68. The van der Waals surface area contributed by atoms with Gasteiger partial charge in [-0.1, -0.05) is 6.07 Å². The Morgan fingerprint density at radius 1 is 1.45 bits per heavy atom. The predicted octanol–water partition coefficient (Wildman–Crippen LogP) is 0.984. The summed E-state index contributed by atoms with van der Waals surface area (Å²) in [7, 11) is -1.85. The highest BCUT2D eigenvalue weighted by atomic mass is 32.2. The molecule has 0 saturated carbocycles. The van der Waals surface area contributed by atoms with Gasteiger partial charge in [0.2, 0.25) is 10.0 Å². The van der Waals surface area contributed by atoms with Crippen LogP contribution in [-0.4, -0.2) is 40.8 Å². The van der Waals surface area contributed by atoms with Gasteiger partial charge in [-0.15, -0.1) is 0 Å². The van der Waals surface area contributed by atoms with Crippen LogP contribution in [0.25, 0.3) is 0 Å². The first-order valence-corrected chi connectivity index (χ1v) is 8.20. The van der Waals surface area contributed by atoms with Gasteiger partial charge >= 0.3 is 0 Å². The Morgan fingerprint density at radius 3 is 2.85 bits per heavy atom. The lowest BCUT2D eigenvalue weighted by atomic mass is 10.0. The summed E-state index contributed by atoms with van der Waals surface area (Å²) in [5, 5.41) is 0. The number of methoxy groups -OCH3 is 1. The van der Waals surface area contributed by atoms with E-state index in [1.54, 1.807) is 17.0 Å². The second-order valence-electron chi connectivity index (χ2n) is 4.80. The molecule has 1 aromatic rings. The van der Waals surface area contributed by atoms with Gasteiger partial charge in [0.25, 0.3) is 5.91 Å². The van der Waals surface area contributed by atoms with Crippen LogP contribution in [0.5, 0.6) is 0 Å². The van der Waals surface area contributed by atoms with Crippen molar-refractivity contribution in [1.82, 2.24) is 0 Å². The summed E-state index contributed by atoms with van der Waals surface area (Å²) in [6.45, 7) is 0.640. The maximum Gasteiger partial charge on any atom is 0.252 e. The lowest BCUT2D eigenvalue weighted by Gasteiger charge is -2.29. The summed E-state index contributed by atoms with van der Waals surface area (Å²) in [5.74, 6) is -0.120. The van der Waals surface area contributed by atoms with Crippen molar-refractivity contribution in [3.05, 3.63) is 23.8 Å². The molecule has 1 amide bonds. The molecule has 1 N–H and O–H groups in total. The number of ether oxygens (including phenoxy) is 1. The molecule has 0 spiro atoms. The molecule has 6 nitrogen and oxygen atoms in total. The van der Waals surface area contributed by atoms with E-state index in [2.05, 4.69) is 4.72 Å². The Bertz CT molecular complexity index is 613. The zero-order valence-corrected chi connectivity index (χ0v) is 12.4. The van der Waals surface area contributed by atoms with Gasteiger partial charge in [0, 0.05) is 19.3 Å². The molecule has 0 aliphatic carbocycles. The number of sulfonamides is 1. The molecule has 0 aromatic heterocycles. The number of benzene rings is 1. The SMILES string of the molecule is COCC(=O)N1CCCc2ccc(NS(C)(=O)=O)cc21. The van der Waals surface area contributed by atoms with Crippen LogP contribution in [-0.2, 0) is 26.0 Å². The van der Waals surface area contributed by atoms with Gasteiger partial charge < -0.3 is 9.64 Å². The van der Waals surface area contributed by atoms with Crippen molar-refractivity contribution >= 4 is 27.3 Å². The fourth-order valence-corrected chi connectivity index (χ4v) is 2.87. The van der Waals surface area contributed by atoms with Crippen LogP contribution in [0.2, 0.25) is 0 Å². The monoisotopic (exact) mass is 298 g/mol. The minimum absolute atomic E-state index is 0.0170. The van der Waals surface area contributed by atoms with Crippen molar-refractivity contribution < 1.29 is 17.9 Å². The minimum Gasteiger partial charge on any atom is -0.375 e. The Hall–Kier alpha value is -1.60. The lowest BCUT2D eigenvalue weighted by molar-refractivity contribution is -0.122. The molecule has 20 heavy (non-hydrogen) atoms. The second kappa shape index (κ2) is 5.80. The number of nitrogens with one attached hydrogen (secondary N) is 1. The van der Waals surface area contributed by atoms with E-state index < -0.39 is 10.0 Å². The van der Waals surface area contributed by atoms with Gasteiger partial charge in [-0.25, -0.2) is 8.42 Å². The third-order valence-electron chi connectivity index (χ3n) is 3.08. The normalized spacial score (nSPS) is 14.8. The van der Waals surface area contributed by atoms with Gasteiger partial charge in [0.15, 0.2) is 0 Å². The Morgan fingerprint density at radius 2 is 2.20 bits per heavy atom. The molecule has 2 rings (SSSR count). The third kappa shape index (κ3) is 3.49. The van der Waals surface area contributed by atoms with Crippen LogP contribution in [0.1, 0.15) is 12.0 Å². The molecule has 1 heterocycles. The van der Waals surface area contributed by atoms with E-state index in [9.17, 15) is 13.2 Å². The van der Waals surface area contributed by atoms with Crippen molar-refractivity contribution in [2.75, 3.05) is 36.1 Å². The van der Waals surface area contributed by atoms with E-state index in [0.717, 1.165) is 30.3 Å². The average Bonchev–Trinajstić information content (AvgIpc) is 2.36. The molecule has 0 unspecified atom stereocenters. The fourth-order valence-electron chi connectivity index (χ4n) is 2.31. The van der Waals surface area contributed by atoms with Crippen LogP contribution >= 0.6 is 0 Å². The molecule has 0 saturated heterocycles. The summed E-state index contributed by atoms with van der Waals surface area (Å²) >= 11 is 0. The number of aryl methyl sites for hydroxylation is 1. The first kappa shape index (κ1) is 14.8. The van der Waals surface area contributed by atoms with Crippen LogP contribution in [0.4, 0.5) is 11.4 Å². The summed E-state index contributed by atoms with van der Waals surface area (Å²) in [5.41, 5.74) is 2.26. The predicted molar refractivity (Wildman–Crippen MR) is 77.5 cm³/mol. The van der Waals surface area contributed by atoms with E-state index in [0.29, 0.717) is 12.2 Å². The number of rotatable bonds is 4. The first-order chi connectivity index (χ1) is 9.40. The van der Waals surface area contributed by atoms with Gasteiger partial charge in [-0.2, -0.15) is 0 Å². The number of hydrogen-bond donors (Lipinski definition) is 1. The highest BCUT2D eigenvalue weighted by Crippen LogP contribution is 2.30. The number of hydrogen-bond acceptors (Lipinski definition) is 4. The molecule has 0 atom stereocenters. The van der Waals surface area contributed by atoms with Crippen molar-refractivity contribution in [2.24, 2.45) is 0 Å². The van der Waals surface area contributed by atoms with Gasteiger partial charge in [0.1, 0.15) is 6.61 Å². The highest BCUT2D eigenvalue weighted by Gasteiger charge is 2.22. The summed E-state index contributed by atoms with van der Waals surface area (Å²) in [4.78, 5) is 13.7. The highest BCUT2D eigenvalue weighted by molar-refractivity contribution is 7.92. The molecule has 0 bridgehead atoms. The van der Waals surface area contributed by atoms with Gasteiger partial charge in [0.05, 0.1) is 11.9 Å². The number of fused-ring (bicyclic) bond motifs is 1. The molecular weight excluding hydrogens is 280 g/mol. The first-order valence-electron chi connectivity index (χ1n) is 6.31. The van der Waals surface area contributed by atoms with Gasteiger partial charge in [-0.05, 0) is 30.5 Å². The number of amides is 1. The van der Waals surface area contributed by atoms with E-state index in [-0.39, 0.29) is 12.5 Å². The Kier molecular flexibility index (Phi) is 4.29. The molecule has 0 radical (unpaired) electrons. The number of nitrogens with zero attached hydrogens (tertiary/aromatic N) is 1. The van der Waals surface area contributed by atoms with Crippen molar-refractivity contribution in [1.29, 1.82) is 0 Å². The summed E-state index contributed by atoms with van der Waals surface area (Å²) < 4.78 is 29.9. The molecule has 110 valence electrons. The summed E-state index contributed by atoms with van der Waals surface area (Å²) in [6.07, 6.45) is 2.87. The zero-order chi connectivity index (χ0) is 14.8. The number of carbonyl (C=O) groups is 1. The number of carbonyl (C=O) groups excluding carboxylic acids is 1. The van der Waals surface area contributed by atoms with Crippen LogP contribution in [0.3, 0.4) is 0 Å². The smallest absolute Gasteiger partial charge is 0.252 e. The Balaban J connectivity index is 2.33. The van der Waals surface area contributed by atoms with E-state index in [1.165, 1.54) is 7.11 Å². The fraction of sp³-hybridized carbons (Fsp3) is 0.462. The molecular formula is C13H18N2O4S. The molecule has 0 fully saturated rings. The van der Waals surface area contributed by atoms with Crippen molar-refractivity contribution in [2.45, 2.75) is 12.8 Å². The topological polar surface area (TPSA) is 75.7 Å².